The van der Waals surface area contributed by atoms with Crippen molar-refractivity contribution in [3.05, 3.63) is 78.8 Å². The van der Waals surface area contributed by atoms with Crippen LogP contribution in [0.5, 0.6) is 5.75 Å². The van der Waals surface area contributed by atoms with E-state index >= 15 is 0 Å². The van der Waals surface area contributed by atoms with Gasteiger partial charge in [0.05, 0.1) is 31.0 Å². The Morgan fingerprint density at radius 3 is 2.97 bits per heavy atom. The Labute approximate surface area is 233 Å². The number of likely N-dealkylation sites (N-methyl/N-ethyl adjacent to an activating group) is 2. The topological polar surface area (TPSA) is 75.5 Å². The number of rotatable bonds is 10. The van der Waals surface area contributed by atoms with E-state index in [1.807, 2.05) is 42.1 Å². The predicted octanol–water partition coefficient (Wildman–Crippen LogP) is 4.36. The van der Waals surface area contributed by atoms with Crippen molar-refractivity contribution in [2.45, 2.75) is 6.42 Å². The summed E-state index contributed by atoms with van der Waals surface area (Å²) in [4.78, 5) is 23.0. The molecule has 8 heteroatoms. The molecule has 2 aromatic heterocycles. The van der Waals surface area contributed by atoms with E-state index in [9.17, 15) is 4.79 Å². The second-order valence-corrected chi connectivity index (χ2v) is 8.27. The van der Waals surface area contributed by atoms with Gasteiger partial charge in [-0.2, -0.15) is 0 Å². The van der Waals surface area contributed by atoms with Crippen LogP contribution in [0, 0.1) is 0 Å². The highest BCUT2D eigenvalue weighted by atomic mass is 16.5. The highest BCUT2D eigenvalue weighted by Crippen LogP contribution is 2.35. The molecule has 4 aromatic rings. The van der Waals surface area contributed by atoms with Crippen LogP contribution in [-0.2, 0) is 18.3 Å². The maximum absolute atomic E-state index is 12.8. The molecule has 0 spiro atoms. The van der Waals surface area contributed by atoms with Gasteiger partial charge in [-0.1, -0.05) is 24.7 Å². The van der Waals surface area contributed by atoms with Gasteiger partial charge in [-0.3, -0.25) is 4.79 Å². The monoisotopic (exact) mass is 509 g/mol. The summed E-state index contributed by atoms with van der Waals surface area (Å²) < 4.78 is 93.6. The van der Waals surface area contributed by atoms with Crippen molar-refractivity contribution in [3.8, 4) is 17.0 Å². The maximum Gasteiger partial charge on any atom is 0.247 e. The molecule has 0 aliphatic carbocycles. The van der Waals surface area contributed by atoms with Crippen molar-refractivity contribution in [3.63, 3.8) is 0 Å². The highest BCUT2D eigenvalue weighted by Gasteiger charge is 2.17. The molecule has 0 aliphatic heterocycles. The number of fused-ring (bicyclic) bond motifs is 1. The number of methoxy groups -OCH3 is 1. The minimum absolute atomic E-state index is 0.0686. The fraction of sp³-hybridized carbons (Fsp3) is 0.276. The zero-order valence-corrected chi connectivity index (χ0v) is 20.7. The average Bonchev–Trinajstić information content (AvgIpc) is 3.34. The lowest BCUT2D eigenvalue weighted by molar-refractivity contribution is -0.111. The normalized spacial score (nSPS) is 16.4. The van der Waals surface area contributed by atoms with Crippen LogP contribution in [0.1, 0.15) is 26.5 Å². The van der Waals surface area contributed by atoms with Crippen molar-refractivity contribution in [1.82, 2.24) is 19.4 Å². The maximum atomic E-state index is 12.8. The van der Waals surface area contributed by atoms with Gasteiger partial charge in [0.2, 0.25) is 5.91 Å². The van der Waals surface area contributed by atoms with E-state index < -0.39 is 45.5 Å². The van der Waals surface area contributed by atoms with Crippen LogP contribution >= 0.6 is 0 Å². The Balaban J connectivity index is 1.79. The van der Waals surface area contributed by atoms with E-state index in [2.05, 4.69) is 10.3 Å². The summed E-state index contributed by atoms with van der Waals surface area (Å²) in [6.45, 7) is -11.1. The Morgan fingerprint density at radius 1 is 1.35 bits per heavy atom. The SMILES string of the molecule is [2H]C([2H])=C([2H])C(=O)Nc1cc(Cc2nccc(-c3cn(C)c4ccccc34)n2)c(OC)cc1N(C)C([2H])([2H])CN(C([2H])([2H])[2H])C([2H])([2H])[2H]. The lowest BCUT2D eigenvalue weighted by Crippen LogP contribution is -2.29. The molecule has 0 saturated carbocycles. The van der Waals surface area contributed by atoms with E-state index in [0.29, 0.717) is 17.1 Å². The van der Waals surface area contributed by atoms with Gasteiger partial charge in [-0.15, -0.1) is 0 Å². The largest absolute Gasteiger partial charge is 0.496 e. The third kappa shape index (κ3) is 5.81. The highest BCUT2D eigenvalue weighted by molar-refractivity contribution is 6.01. The van der Waals surface area contributed by atoms with Gasteiger partial charge in [0.15, 0.2) is 0 Å². The predicted molar refractivity (Wildman–Crippen MR) is 150 cm³/mol. The summed E-state index contributed by atoms with van der Waals surface area (Å²) in [5.74, 6) is -0.558. The van der Waals surface area contributed by atoms with Crippen molar-refractivity contribution in [1.29, 1.82) is 0 Å². The van der Waals surface area contributed by atoms with E-state index in [1.165, 1.54) is 26.3 Å². The molecule has 1 amide bonds. The smallest absolute Gasteiger partial charge is 0.247 e. The van der Waals surface area contributed by atoms with Crippen LogP contribution < -0.4 is 15.0 Å². The molecule has 0 radical (unpaired) electrons. The first-order valence-corrected chi connectivity index (χ1v) is 11.3. The molecule has 0 bridgehead atoms. The van der Waals surface area contributed by atoms with Gasteiger partial charge in [-0.05, 0) is 38.2 Å². The number of aryl methyl sites for hydroxylation is 1. The van der Waals surface area contributed by atoms with Crippen molar-refractivity contribution in [2.24, 2.45) is 7.05 Å². The molecule has 4 rings (SSSR count). The minimum atomic E-state index is -3.16. The summed E-state index contributed by atoms with van der Waals surface area (Å²) in [5, 5.41) is 3.42. The number of ether oxygens (including phenoxy) is 1. The number of hydrogen-bond donors (Lipinski definition) is 1. The molecule has 192 valence electrons. The molecular weight excluding hydrogens is 464 g/mol. The molecule has 2 aromatic carbocycles. The second kappa shape index (κ2) is 11.3. The summed E-state index contributed by atoms with van der Waals surface area (Å²) in [6.07, 6.45) is 3.63. The lowest BCUT2D eigenvalue weighted by Gasteiger charge is -2.25. The summed E-state index contributed by atoms with van der Waals surface area (Å²) in [7, 11) is 4.53. The van der Waals surface area contributed by atoms with Crippen LogP contribution in [0.3, 0.4) is 0 Å². The molecular formula is C29H34N6O2. The molecule has 0 atom stereocenters. The van der Waals surface area contributed by atoms with Crippen LogP contribution in [0.2, 0.25) is 0 Å². The summed E-state index contributed by atoms with van der Waals surface area (Å²) in [6, 6.07) is 11.5. The fourth-order valence-corrected chi connectivity index (χ4v) is 4.09. The van der Waals surface area contributed by atoms with E-state index in [0.717, 1.165) is 21.4 Å². The van der Waals surface area contributed by atoms with Gasteiger partial charge in [0.1, 0.15) is 11.6 Å². The quantitative estimate of drug-likeness (QED) is 0.320. The molecule has 0 fully saturated rings. The number of aromatic nitrogens is 3. The summed E-state index contributed by atoms with van der Waals surface area (Å²) >= 11 is 0. The van der Waals surface area contributed by atoms with Gasteiger partial charge in [0, 0.05) is 82.3 Å². The number of para-hydroxylation sites is 1. The third-order valence-electron chi connectivity index (χ3n) is 5.81. The first-order valence-electron chi connectivity index (χ1n) is 16.8. The fourth-order valence-electron chi connectivity index (χ4n) is 4.09. The number of nitrogens with one attached hydrogen (secondary N) is 1. The third-order valence-corrected chi connectivity index (χ3v) is 5.81. The van der Waals surface area contributed by atoms with E-state index in [-0.39, 0.29) is 28.4 Å². The van der Waals surface area contributed by atoms with E-state index in [1.54, 1.807) is 12.3 Å². The van der Waals surface area contributed by atoms with Gasteiger partial charge in [0.25, 0.3) is 0 Å². The first-order chi connectivity index (χ1) is 22.2. The van der Waals surface area contributed by atoms with Crippen LogP contribution in [0.25, 0.3) is 22.2 Å². The number of nitrogens with zero attached hydrogens (tertiary/aromatic N) is 5. The molecule has 8 nitrogen and oxygen atoms in total. The molecule has 0 unspecified atom stereocenters. The number of benzene rings is 2. The standard InChI is InChI=1S/C29H34N6O2/c1-7-29(36)32-24-16-20(27(37-6)18-26(24)34(4)15-14-33(2)3)17-28-30-13-12-23(31-28)22-19-35(5)25-11-9-8-10-21(22)25/h7-13,16,18-19H,1,14-15,17H2,2-6H3,(H,32,36)/i1D2,2D3,3D3,7D,15D2. The zero-order valence-electron chi connectivity index (χ0n) is 31.7. The number of hydrogen-bond acceptors (Lipinski definition) is 6. The number of anilines is 2. The molecule has 1 N–H and O–H groups in total. The Bertz CT molecular complexity index is 1840. The molecule has 0 saturated heterocycles. The van der Waals surface area contributed by atoms with E-state index in [4.69, 9.17) is 24.8 Å². The summed E-state index contributed by atoms with van der Waals surface area (Å²) in [5.41, 5.74) is 2.83. The number of amides is 1. The Kier molecular flexibility index (Phi) is 4.62. The van der Waals surface area contributed by atoms with Gasteiger partial charge in [-0.25, -0.2) is 9.97 Å². The average molecular weight is 510 g/mol. The molecule has 0 aliphatic rings. The number of carbonyl (C=O) groups excluding carboxylic acids is 1. The van der Waals surface area contributed by atoms with Gasteiger partial charge >= 0.3 is 0 Å². The Morgan fingerprint density at radius 2 is 2.19 bits per heavy atom. The second-order valence-electron chi connectivity index (χ2n) is 8.27. The first kappa shape index (κ1) is 15.2. The lowest BCUT2D eigenvalue weighted by atomic mass is 10.1. The van der Waals surface area contributed by atoms with Crippen molar-refractivity contribution >= 4 is 28.2 Å². The van der Waals surface area contributed by atoms with Crippen LogP contribution in [0.4, 0.5) is 11.4 Å². The zero-order chi connectivity index (χ0) is 35.8. The van der Waals surface area contributed by atoms with Crippen molar-refractivity contribution < 1.29 is 24.6 Å². The minimum Gasteiger partial charge on any atom is -0.496 e. The molecule has 2 heterocycles. The number of carbonyl (C=O) groups is 1. The van der Waals surface area contributed by atoms with Crippen molar-refractivity contribution in [2.75, 3.05) is 51.4 Å². The molecule has 37 heavy (non-hydrogen) atoms. The van der Waals surface area contributed by atoms with Crippen LogP contribution in [0.15, 0.2) is 67.4 Å². The van der Waals surface area contributed by atoms with Gasteiger partial charge < -0.3 is 24.4 Å². The van der Waals surface area contributed by atoms with Crippen LogP contribution in [-0.4, -0.2) is 66.5 Å². The Hall–Kier alpha value is -4.17.